The van der Waals surface area contributed by atoms with Gasteiger partial charge in [-0.05, 0) is 92.6 Å². The maximum atomic E-state index is 12.6. The van der Waals surface area contributed by atoms with Crippen molar-refractivity contribution in [3.8, 4) is 21.9 Å². The first-order valence-corrected chi connectivity index (χ1v) is 13.8. The third kappa shape index (κ3) is 5.44. The van der Waals surface area contributed by atoms with Gasteiger partial charge in [0.05, 0.1) is 16.4 Å². The molecule has 1 aliphatic rings. The lowest BCUT2D eigenvalue weighted by molar-refractivity contribution is -0.116. The van der Waals surface area contributed by atoms with E-state index in [0.717, 1.165) is 38.6 Å². The van der Waals surface area contributed by atoms with Crippen molar-refractivity contribution in [3.05, 3.63) is 98.1 Å². The van der Waals surface area contributed by atoms with Crippen molar-refractivity contribution in [2.75, 3.05) is 6.54 Å². The Morgan fingerprint density at radius 1 is 1.11 bits per heavy atom. The van der Waals surface area contributed by atoms with Crippen molar-refractivity contribution in [2.45, 2.75) is 33.3 Å². The molecule has 2 aromatic carbocycles. The van der Waals surface area contributed by atoms with Crippen LogP contribution in [0.1, 0.15) is 39.1 Å². The Kier molecular flexibility index (Phi) is 7.48. The number of ether oxygens (including phenoxy) is 1. The Bertz CT molecular complexity index is 1570. The first-order chi connectivity index (χ1) is 18.2. The minimum Gasteiger partial charge on any atom is -0.486 e. The van der Waals surface area contributed by atoms with E-state index in [4.69, 9.17) is 27.9 Å². The summed E-state index contributed by atoms with van der Waals surface area (Å²) in [7, 11) is 0. The van der Waals surface area contributed by atoms with E-state index in [2.05, 4.69) is 22.0 Å². The SMILES string of the molecule is CC(=O)c1ccc(-c2cc(Cl)c3c(c2)CC(CNC(=O)C=Cc2cc(C)n(-c4ccc(Cl)cc4)c2C)O3)s1. The molecule has 2 aromatic heterocycles. The molecule has 0 saturated carbocycles. The highest BCUT2D eigenvalue weighted by atomic mass is 35.5. The van der Waals surface area contributed by atoms with Gasteiger partial charge >= 0.3 is 0 Å². The summed E-state index contributed by atoms with van der Waals surface area (Å²) in [5.74, 6) is 0.511. The van der Waals surface area contributed by atoms with E-state index in [-0.39, 0.29) is 17.8 Å². The van der Waals surface area contributed by atoms with Crippen molar-refractivity contribution in [3.63, 3.8) is 0 Å². The molecule has 3 heterocycles. The number of thiophene rings is 1. The molecule has 8 heteroatoms. The number of fused-ring (bicyclic) bond motifs is 1. The van der Waals surface area contributed by atoms with Crippen LogP contribution in [0.25, 0.3) is 22.2 Å². The van der Waals surface area contributed by atoms with Crippen molar-refractivity contribution < 1.29 is 14.3 Å². The van der Waals surface area contributed by atoms with E-state index in [1.54, 1.807) is 13.0 Å². The van der Waals surface area contributed by atoms with Crippen LogP contribution in [-0.4, -0.2) is 28.9 Å². The highest BCUT2D eigenvalue weighted by molar-refractivity contribution is 7.17. The lowest BCUT2D eigenvalue weighted by Crippen LogP contribution is -2.33. The van der Waals surface area contributed by atoms with Crippen LogP contribution < -0.4 is 10.1 Å². The van der Waals surface area contributed by atoms with Crippen molar-refractivity contribution in [1.29, 1.82) is 0 Å². The molecule has 1 amide bonds. The quantitative estimate of drug-likeness (QED) is 0.187. The van der Waals surface area contributed by atoms with Gasteiger partial charge in [-0.3, -0.25) is 9.59 Å². The first kappa shape index (κ1) is 26.3. The molecule has 1 atom stereocenters. The number of aromatic nitrogens is 1. The molecule has 0 radical (unpaired) electrons. The van der Waals surface area contributed by atoms with E-state index >= 15 is 0 Å². The highest BCUT2D eigenvalue weighted by Gasteiger charge is 2.26. The topological polar surface area (TPSA) is 60.3 Å². The number of Topliss-reactive ketones (excluding diaryl/α,β-unsaturated/α-hetero) is 1. The summed E-state index contributed by atoms with van der Waals surface area (Å²) in [4.78, 5) is 26.0. The maximum Gasteiger partial charge on any atom is 0.244 e. The number of carbonyl (C=O) groups excluding carboxylic acids is 2. The van der Waals surface area contributed by atoms with Crippen LogP contribution in [0, 0.1) is 13.8 Å². The van der Waals surface area contributed by atoms with E-state index in [9.17, 15) is 9.59 Å². The normalized spacial score (nSPS) is 14.5. The lowest BCUT2D eigenvalue weighted by atomic mass is 10.1. The monoisotopic (exact) mass is 564 g/mol. The second-order valence-corrected chi connectivity index (χ2v) is 11.3. The minimum atomic E-state index is -0.207. The summed E-state index contributed by atoms with van der Waals surface area (Å²) < 4.78 is 8.18. The summed E-state index contributed by atoms with van der Waals surface area (Å²) in [5.41, 5.74) is 6.05. The highest BCUT2D eigenvalue weighted by Crippen LogP contribution is 2.41. The van der Waals surface area contributed by atoms with Gasteiger partial charge in [0.15, 0.2) is 5.78 Å². The van der Waals surface area contributed by atoms with E-state index < -0.39 is 0 Å². The number of nitrogens with zero attached hydrogens (tertiary/aromatic N) is 1. The number of hydrogen-bond acceptors (Lipinski definition) is 4. The number of rotatable bonds is 7. The zero-order chi connectivity index (χ0) is 27.0. The molecular weight excluding hydrogens is 539 g/mol. The Balaban J connectivity index is 1.21. The molecular formula is C30H26Cl2N2O3S. The third-order valence-electron chi connectivity index (χ3n) is 6.56. The van der Waals surface area contributed by atoms with E-state index in [0.29, 0.717) is 33.6 Å². The Hall–Kier alpha value is -3.32. The molecule has 0 saturated heterocycles. The summed E-state index contributed by atoms with van der Waals surface area (Å²) in [6.07, 6.45) is 3.81. The van der Waals surface area contributed by atoms with Crippen LogP contribution in [-0.2, 0) is 11.2 Å². The van der Waals surface area contributed by atoms with Gasteiger partial charge in [0.2, 0.25) is 5.91 Å². The molecule has 38 heavy (non-hydrogen) atoms. The zero-order valence-electron chi connectivity index (χ0n) is 21.2. The Morgan fingerprint density at radius 3 is 2.58 bits per heavy atom. The van der Waals surface area contributed by atoms with Gasteiger partial charge in [-0.15, -0.1) is 11.3 Å². The molecule has 0 bridgehead atoms. The van der Waals surface area contributed by atoms with Gasteiger partial charge in [-0.25, -0.2) is 0 Å². The standard InChI is InChI=1S/C30H26Cl2N2O3S/c1-17-12-20(18(2)34(17)24-7-5-23(31)6-8-24)4-11-29(36)33-16-25-14-22-13-21(15-26(32)30(22)37-25)28-10-9-27(38-28)19(3)35/h4-13,15,25H,14,16H2,1-3H3,(H,33,36). The fraction of sp³-hybridized carbons (Fsp3) is 0.200. The predicted octanol–water partition coefficient (Wildman–Crippen LogP) is 7.47. The Morgan fingerprint density at radius 2 is 1.87 bits per heavy atom. The molecule has 194 valence electrons. The molecule has 1 aliphatic heterocycles. The second kappa shape index (κ2) is 10.8. The largest absolute Gasteiger partial charge is 0.486 e. The number of nitrogens with one attached hydrogen (secondary N) is 1. The number of ketones is 1. The average molecular weight is 566 g/mol. The zero-order valence-corrected chi connectivity index (χ0v) is 23.5. The van der Waals surface area contributed by atoms with E-state index in [1.807, 2.05) is 62.4 Å². The predicted molar refractivity (Wildman–Crippen MR) is 155 cm³/mol. The van der Waals surface area contributed by atoms with Crippen molar-refractivity contribution in [1.82, 2.24) is 9.88 Å². The molecule has 5 nitrogen and oxygen atoms in total. The van der Waals surface area contributed by atoms with Gasteiger partial charge in [-0.1, -0.05) is 23.2 Å². The summed E-state index contributed by atoms with van der Waals surface area (Å²) in [6.45, 7) is 5.98. The summed E-state index contributed by atoms with van der Waals surface area (Å²) in [5, 5.41) is 4.16. The smallest absolute Gasteiger partial charge is 0.244 e. The van der Waals surface area contributed by atoms with Gasteiger partial charge in [0, 0.05) is 45.0 Å². The van der Waals surface area contributed by atoms with Crippen molar-refractivity contribution >= 4 is 52.3 Å². The van der Waals surface area contributed by atoms with Crippen LogP contribution in [0.2, 0.25) is 10.0 Å². The van der Waals surface area contributed by atoms with Crippen LogP contribution in [0.3, 0.4) is 0 Å². The Labute approximate surface area is 235 Å². The number of carbonyl (C=O) groups is 2. The number of halogens is 2. The fourth-order valence-corrected chi connectivity index (χ4v) is 6.01. The minimum absolute atomic E-state index is 0.0473. The average Bonchev–Trinajstić information content (AvgIpc) is 3.60. The molecule has 1 unspecified atom stereocenters. The molecule has 4 aromatic rings. The van der Waals surface area contributed by atoms with Gasteiger partial charge in [0.1, 0.15) is 11.9 Å². The maximum absolute atomic E-state index is 12.6. The number of benzene rings is 2. The summed E-state index contributed by atoms with van der Waals surface area (Å²) in [6, 6.07) is 17.4. The molecule has 1 N–H and O–H groups in total. The van der Waals surface area contributed by atoms with Gasteiger partial charge in [-0.2, -0.15) is 0 Å². The fourth-order valence-electron chi connectivity index (χ4n) is 4.71. The lowest BCUT2D eigenvalue weighted by Gasteiger charge is -2.11. The van der Waals surface area contributed by atoms with Crippen LogP contribution >= 0.6 is 34.5 Å². The first-order valence-electron chi connectivity index (χ1n) is 12.2. The van der Waals surface area contributed by atoms with E-state index in [1.165, 1.54) is 11.3 Å². The second-order valence-electron chi connectivity index (χ2n) is 9.33. The van der Waals surface area contributed by atoms with Crippen LogP contribution in [0.15, 0.2) is 60.7 Å². The number of aryl methyl sites for hydroxylation is 1. The molecule has 0 fully saturated rings. The number of hydrogen-bond donors (Lipinski definition) is 1. The van der Waals surface area contributed by atoms with Gasteiger partial charge < -0.3 is 14.6 Å². The van der Waals surface area contributed by atoms with Crippen molar-refractivity contribution in [2.24, 2.45) is 0 Å². The summed E-state index contributed by atoms with van der Waals surface area (Å²) >= 11 is 14.0. The van der Waals surface area contributed by atoms with Crippen LogP contribution in [0.4, 0.5) is 0 Å². The molecule has 0 aliphatic carbocycles. The third-order valence-corrected chi connectivity index (χ3v) is 8.33. The number of amides is 1. The molecule has 0 spiro atoms. The molecule has 5 rings (SSSR count). The van der Waals surface area contributed by atoms with Gasteiger partial charge in [0.25, 0.3) is 0 Å². The van der Waals surface area contributed by atoms with Crippen LogP contribution in [0.5, 0.6) is 5.75 Å².